The molecule has 6 heteroatoms. The van der Waals surface area contributed by atoms with Crippen LogP contribution in [0, 0.1) is 0 Å². The molecule has 6 nitrogen and oxygen atoms in total. The van der Waals surface area contributed by atoms with E-state index in [1.54, 1.807) is 11.6 Å². The van der Waals surface area contributed by atoms with Gasteiger partial charge in [-0.05, 0) is 36.6 Å². The summed E-state index contributed by atoms with van der Waals surface area (Å²) in [5, 5.41) is 3.92. The number of amides is 1. The molecular formula is C25H26N2O4. The number of hydrogen-bond acceptors (Lipinski definition) is 4. The quantitative estimate of drug-likeness (QED) is 0.704. The van der Waals surface area contributed by atoms with E-state index in [1.807, 2.05) is 30.3 Å². The molecule has 2 aliphatic rings. The third-order valence-corrected chi connectivity index (χ3v) is 6.70. The summed E-state index contributed by atoms with van der Waals surface area (Å²) in [5.74, 6) is 1.34. The Balaban J connectivity index is 1.44. The van der Waals surface area contributed by atoms with Crippen LogP contribution in [0.2, 0.25) is 0 Å². The molecule has 0 spiro atoms. The van der Waals surface area contributed by atoms with E-state index in [0.29, 0.717) is 25.3 Å². The van der Waals surface area contributed by atoms with Gasteiger partial charge in [-0.3, -0.25) is 9.59 Å². The van der Waals surface area contributed by atoms with Gasteiger partial charge in [-0.25, -0.2) is 0 Å². The lowest BCUT2D eigenvalue weighted by molar-refractivity contribution is 0.0944. The van der Waals surface area contributed by atoms with Crippen LogP contribution in [0.25, 0.3) is 10.9 Å². The number of hydrogen-bond donors (Lipinski definition) is 1. The van der Waals surface area contributed by atoms with E-state index in [2.05, 4.69) is 17.4 Å². The van der Waals surface area contributed by atoms with Crippen LogP contribution in [0.4, 0.5) is 0 Å². The van der Waals surface area contributed by atoms with Crippen molar-refractivity contribution in [2.75, 3.05) is 19.8 Å². The first-order chi connectivity index (χ1) is 15.1. The number of nitrogens with one attached hydrogen (secondary N) is 1. The van der Waals surface area contributed by atoms with Gasteiger partial charge in [0.1, 0.15) is 13.2 Å². The molecule has 1 aliphatic heterocycles. The van der Waals surface area contributed by atoms with Gasteiger partial charge in [0.05, 0.1) is 11.1 Å². The van der Waals surface area contributed by atoms with Crippen LogP contribution in [0.5, 0.6) is 11.5 Å². The first-order valence-corrected chi connectivity index (χ1v) is 10.8. The number of pyridine rings is 1. The average molecular weight is 418 g/mol. The number of carbonyl (C=O) groups excluding carboxylic acids is 1. The zero-order valence-electron chi connectivity index (χ0n) is 17.6. The first kappa shape index (κ1) is 19.7. The maximum Gasteiger partial charge on any atom is 0.252 e. The number of fused-ring (bicyclic) bond motifs is 2. The minimum Gasteiger partial charge on any atom is -0.486 e. The number of carbonyl (C=O) groups is 1. The zero-order valence-corrected chi connectivity index (χ0v) is 17.6. The van der Waals surface area contributed by atoms with Gasteiger partial charge in [0, 0.05) is 30.5 Å². The molecular weight excluding hydrogens is 392 g/mol. The highest BCUT2D eigenvalue weighted by Gasteiger charge is 2.37. The summed E-state index contributed by atoms with van der Waals surface area (Å²) in [6.07, 6.45) is 4.26. The van der Waals surface area contributed by atoms with Crippen LogP contribution >= 0.6 is 0 Å². The normalized spacial score (nSPS) is 16.9. The second-order valence-electron chi connectivity index (χ2n) is 8.50. The molecule has 31 heavy (non-hydrogen) atoms. The predicted octanol–water partition coefficient (Wildman–Crippen LogP) is 3.55. The molecule has 0 saturated heterocycles. The fourth-order valence-electron chi connectivity index (χ4n) is 4.94. The van der Waals surface area contributed by atoms with Crippen LogP contribution in [0.15, 0.2) is 53.3 Å². The molecule has 0 unspecified atom stereocenters. The summed E-state index contributed by atoms with van der Waals surface area (Å²) in [6.45, 7) is 1.64. The van der Waals surface area contributed by atoms with E-state index in [-0.39, 0.29) is 16.9 Å². The molecule has 2 heterocycles. The average Bonchev–Trinajstić information content (AvgIpc) is 3.30. The number of benzene rings is 2. The highest BCUT2D eigenvalue weighted by atomic mass is 16.6. The second-order valence-corrected chi connectivity index (χ2v) is 8.50. The Bertz CT molecular complexity index is 1210. The fourth-order valence-corrected chi connectivity index (χ4v) is 4.94. The van der Waals surface area contributed by atoms with Gasteiger partial charge < -0.3 is 19.4 Å². The van der Waals surface area contributed by atoms with Crippen molar-refractivity contribution in [3.63, 3.8) is 0 Å². The molecule has 1 N–H and O–H groups in total. The van der Waals surface area contributed by atoms with Gasteiger partial charge in [-0.1, -0.05) is 37.1 Å². The van der Waals surface area contributed by atoms with E-state index < -0.39 is 0 Å². The van der Waals surface area contributed by atoms with E-state index in [0.717, 1.165) is 48.1 Å². The maximum atomic E-state index is 13.2. The number of ether oxygens (including phenoxy) is 2. The van der Waals surface area contributed by atoms with Gasteiger partial charge in [0.2, 0.25) is 0 Å². The van der Waals surface area contributed by atoms with Crippen molar-refractivity contribution in [1.82, 2.24) is 9.88 Å². The smallest absolute Gasteiger partial charge is 0.252 e. The molecule has 1 aliphatic carbocycles. The largest absolute Gasteiger partial charge is 0.486 e. The van der Waals surface area contributed by atoms with Gasteiger partial charge >= 0.3 is 0 Å². The Morgan fingerprint density at radius 3 is 2.58 bits per heavy atom. The Labute approximate surface area is 180 Å². The van der Waals surface area contributed by atoms with E-state index in [1.165, 1.54) is 11.6 Å². The standard InChI is InChI=1S/C25H26N2O4/c1-27-20-7-3-2-6-18(20)19(15-23(27)28)24(29)26-16-25(10-4-5-11-25)17-8-9-21-22(14-17)31-13-12-30-21/h2-3,6-9,14-15H,4-5,10-13,16H2,1H3,(H,26,29). The van der Waals surface area contributed by atoms with Crippen molar-refractivity contribution in [2.24, 2.45) is 7.05 Å². The molecule has 0 radical (unpaired) electrons. The summed E-state index contributed by atoms with van der Waals surface area (Å²) in [5.41, 5.74) is 2.02. The second kappa shape index (κ2) is 7.76. The topological polar surface area (TPSA) is 69.6 Å². The van der Waals surface area contributed by atoms with Crippen molar-refractivity contribution < 1.29 is 14.3 Å². The van der Waals surface area contributed by atoms with Crippen molar-refractivity contribution >= 4 is 16.8 Å². The van der Waals surface area contributed by atoms with Crippen molar-refractivity contribution in [1.29, 1.82) is 0 Å². The molecule has 0 bridgehead atoms. The molecule has 1 saturated carbocycles. The number of aryl methyl sites for hydroxylation is 1. The van der Waals surface area contributed by atoms with Crippen LogP contribution in [-0.4, -0.2) is 30.2 Å². The number of aromatic nitrogens is 1. The lowest BCUT2D eigenvalue weighted by Gasteiger charge is -2.31. The molecule has 2 aromatic carbocycles. The highest BCUT2D eigenvalue weighted by Crippen LogP contribution is 2.43. The van der Waals surface area contributed by atoms with Crippen LogP contribution in [-0.2, 0) is 12.5 Å². The molecule has 160 valence electrons. The van der Waals surface area contributed by atoms with Crippen LogP contribution in [0.3, 0.4) is 0 Å². The van der Waals surface area contributed by atoms with E-state index in [9.17, 15) is 9.59 Å². The lowest BCUT2D eigenvalue weighted by Crippen LogP contribution is -2.39. The summed E-state index contributed by atoms with van der Waals surface area (Å²) in [7, 11) is 1.72. The number of rotatable bonds is 4. The van der Waals surface area contributed by atoms with Crippen molar-refractivity contribution in [3.05, 3.63) is 70.0 Å². The number of nitrogens with zero attached hydrogens (tertiary/aromatic N) is 1. The molecule has 0 atom stereocenters. The minimum absolute atomic E-state index is 0.138. The molecule has 1 aromatic heterocycles. The SMILES string of the molecule is Cn1c(=O)cc(C(=O)NCC2(c3ccc4c(c3)OCCO4)CCCC2)c2ccccc21. The summed E-state index contributed by atoms with van der Waals surface area (Å²) < 4.78 is 13.0. The van der Waals surface area contributed by atoms with Gasteiger partial charge in [0.15, 0.2) is 11.5 Å². The van der Waals surface area contributed by atoms with E-state index >= 15 is 0 Å². The lowest BCUT2D eigenvalue weighted by atomic mass is 9.78. The third-order valence-electron chi connectivity index (χ3n) is 6.70. The maximum absolute atomic E-state index is 13.2. The highest BCUT2D eigenvalue weighted by molar-refractivity contribution is 6.06. The summed E-state index contributed by atoms with van der Waals surface area (Å²) in [6, 6.07) is 15.1. The third kappa shape index (κ3) is 3.46. The first-order valence-electron chi connectivity index (χ1n) is 10.8. The Hall–Kier alpha value is -3.28. The van der Waals surface area contributed by atoms with Crippen molar-refractivity contribution in [3.8, 4) is 11.5 Å². The predicted molar refractivity (Wildman–Crippen MR) is 119 cm³/mol. The number of para-hydroxylation sites is 1. The van der Waals surface area contributed by atoms with Crippen LogP contribution in [0.1, 0.15) is 41.6 Å². The van der Waals surface area contributed by atoms with Gasteiger partial charge in [-0.2, -0.15) is 0 Å². The zero-order chi connectivity index (χ0) is 21.4. The van der Waals surface area contributed by atoms with Crippen LogP contribution < -0.4 is 20.3 Å². The molecule has 3 aromatic rings. The molecule has 1 fully saturated rings. The van der Waals surface area contributed by atoms with Gasteiger partial charge in [-0.15, -0.1) is 0 Å². The minimum atomic E-state index is -0.210. The fraction of sp³-hybridized carbons (Fsp3) is 0.360. The summed E-state index contributed by atoms with van der Waals surface area (Å²) in [4.78, 5) is 25.6. The monoisotopic (exact) mass is 418 g/mol. The van der Waals surface area contributed by atoms with Gasteiger partial charge in [0.25, 0.3) is 11.5 Å². The summed E-state index contributed by atoms with van der Waals surface area (Å²) >= 11 is 0. The molecule has 1 amide bonds. The Kier molecular flexibility index (Phi) is 4.93. The van der Waals surface area contributed by atoms with Crippen molar-refractivity contribution in [2.45, 2.75) is 31.1 Å². The Morgan fingerprint density at radius 2 is 1.77 bits per heavy atom. The molecule has 5 rings (SSSR count). The van der Waals surface area contributed by atoms with E-state index in [4.69, 9.17) is 9.47 Å². The Morgan fingerprint density at radius 1 is 1.03 bits per heavy atom.